The van der Waals surface area contributed by atoms with Crippen molar-refractivity contribution < 1.29 is 29.0 Å². The second kappa shape index (κ2) is 6.71. The molecule has 148 valence electrons. The Labute approximate surface area is 164 Å². The van der Waals surface area contributed by atoms with E-state index in [2.05, 4.69) is 15.4 Å². The van der Waals surface area contributed by atoms with Gasteiger partial charge in [-0.3, -0.25) is 19.7 Å². The van der Waals surface area contributed by atoms with Crippen molar-refractivity contribution in [2.75, 3.05) is 13.7 Å². The normalized spacial score (nSPS) is 14.0. The van der Waals surface area contributed by atoms with Crippen LogP contribution in [0.4, 0.5) is 0 Å². The van der Waals surface area contributed by atoms with Crippen molar-refractivity contribution in [3.05, 3.63) is 47.0 Å². The molecule has 2 heterocycles. The summed E-state index contributed by atoms with van der Waals surface area (Å²) in [5.41, 5.74) is 1.41. The van der Waals surface area contributed by atoms with Crippen LogP contribution in [0.15, 0.2) is 30.3 Å². The minimum atomic E-state index is -1.30. The number of nitrogens with zero attached hydrogens (tertiary/aromatic N) is 1. The van der Waals surface area contributed by atoms with Gasteiger partial charge >= 0.3 is 5.97 Å². The summed E-state index contributed by atoms with van der Waals surface area (Å²) < 4.78 is 6.37. The second-order valence-corrected chi connectivity index (χ2v) is 6.66. The first-order chi connectivity index (χ1) is 13.9. The molecular weight excluding hydrogens is 378 g/mol. The molecule has 0 fully saturated rings. The van der Waals surface area contributed by atoms with Crippen molar-refractivity contribution in [2.24, 2.45) is 7.05 Å². The molecule has 3 N–H and O–H groups in total. The monoisotopic (exact) mass is 395 g/mol. The smallest absolute Gasteiger partial charge is 0.330 e. The number of amides is 3. The predicted molar refractivity (Wildman–Crippen MR) is 103 cm³/mol. The number of esters is 1. The fourth-order valence-corrected chi connectivity index (χ4v) is 3.74. The molecule has 1 aliphatic heterocycles. The Balaban J connectivity index is 1.98. The van der Waals surface area contributed by atoms with Crippen LogP contribution < -0.4 is 10.6 Å². The van der Waals surface area contributed by atoms with E-state index in [0.29, 0.717) is 10.9 Å². The summed E-state index contributed by atoms with van der Waals surface area (Å²) in [5, 5.41) is 15.3. The summed E-state index contributed by atoms with van der Waals surface area (Å²) in [6.45, 7) is -0.679. The van der Waals surface area contributed by atoms with Crippen LogP contribution in [-0.2, 0) is 16.6 Å². The van der Waals surface area contributed by atoms with Gasteiger partial charge < -0.3 is 19.7 Å². The van der Waals surface area contributed by atoms with Crippen LogP contribution in [0.3, 0.4) is 0 Å². The number of fused-ring (bicyclic) bond motifs is 5. The van der Waals surface area contributed by atoms with E-state index >= 15 is 0 Å². The number of benzene rings is 2. The molecule has 0 saturated heterocycles. The Morgan fingerprint density at radius 2 is 1.86 bits per heavy atom. The SMILES string of the molecule is COC(=O)C(CO)NC(=O)c1cc2c(c3c1C(=O)NC3=O)c1ccccc1n2C. The molecule has 4 rings (SSSR count). The Morgan fingerprint density at radius 1 is 1.17 bits per heavy atom. The van der Waals surface area contributed by atoms with Crippen LogP contribution in [-0.4, -0.2) is 53.1 Å². The average molecular weight is 395 g/mol. The fraction of sp³-hybridized carbons (Fsp3) is 0.200. The highest BCUT2D eigenvalue weighted by atomic mass is 16.5. The number of carbonyl (C=O) groups excluding carboxylic acids is 4. The molecule has 1 atom stereocenters. The quantitative estimate of drug-likeness (QED) is 0.436. The molecule has 9 heteroatoms. The molecule has 0 radical (unpaired) electrons. The molecule has 3 amide bonds. The number of hydrogen-bond donors (Lipinski definition) is 3. The summed E-state index contributed by atoms with van der Waals surface area (Å²) in [5.74, 6) is -2.89. The molecule has 0 bridgehead atoms. The number of carbonyl (C=O) groups is 4. The van der Waals surface area contributed by atoms with E-state index in [1.807, 2.05) is 28.8 Å². The molecule has 1 aromatic heterocycles. The number of aliphatic hydroxyl groups excluding tert-OH is 1. The Morgan fingerprint density at radius 3 is 2.55 bits per heavy atom. The van der Waals surface area contributed by atoms with Gasteiger partial charge in [-0.15, -0.1) is 0 Å². The molecule has 1 aliphatic rings. The summed E-state index contributed by atoms with van der Waals surface area (Å²) in [4.78, 5) is 49.6. The van der Waals surface area contributed by atoms with Crippen LogP contribution in [0, 0.1) is 0 Å². The second-order valence-electron chi connectivity index (χ2n) is 6.66. The van der Waals surface area contributed by atoms with Gasteiger partial charge in [-0.1, -0.05) is 18.2 Å². The van der Waals surface area contributed by atoms with E-state index in [4.69, 9.17) is 0 Å². The number of para-hydroxylation sites is 1. The molecule has 9 nitrogen and oxygen atoms in total. The Bertz CT molecular complexity index is 1230. The van der Waals surface area contributed by atoms with E-state index in [0.717, 1.165) is 18.0 Å². The number of aryl methyl sites for hydroxylation is 1. The van der Waals surface area contributed by atoms with Crippen LogP contribution >= 0.6 is 0 Å². The zero-order valence-electron chi connectivity index (χ0n) is 15.6. The van der Waals surface area contributed by atoms with Crippen LogP contribution in [0.1, 0.15) is 31.1 Å². The third kappa shape index (κ3) is 2.66. The standard InChI is InChI=1S/C20H17N3O6/c1-23-12-6-4-3-5-9(12)14-13(23)7-10(15-16(14)19(27)22-18(15)26)17(25)21-11(8-24)20(28)29-2/h3-7,11,24H,8H2,1-2H3,(H,21,25)(H,22,26,27). The summed E-state index contributed by atoms with van der Waals surface area (Å²) in [7, 11) is 2.92. The number of methoxy groups -OCH3 is 1. The molecule has 0 spiro atoms. The zero-order valence-corrected chi connectivity index (χ0v) is 15.6. The van der Waals surface area contributed by atoms with Crippen molar-refractivity contribution in [3.63, 3.8) is 0 Å². The van der Waals surface area contributed by atoms with Crippen molar-refractivity contribution in [1.82, 2.24) is 15.2 Å². The lowest BCUT2D eigenvalue weighted by Gasteiger charge is -2.15. The van der Waals surface area contributed by atoms with Gasteiger partial charge in [-0.2, -0.15) is 0 Å². The number of aliphatic hydroxyl groups is 1. The van der Waals surface area contributed by atoms with E-state index < -0.39 is 36.3 Å². The van der Waals surface area contributed by atoms with Crippen molar-refractivity contribution in [1.29, 1.82) is 0 Å². The van der Waals surface area contributed by atoms with E-state index in [-0.39, 0.29) is 16.7 Å². The van der Waals surface area contributed by atoms with Gasteiger partial charge in [0.15, 0.2) is 6.04 Å². The Hall–Kier alpha value is -3.72. The first kappa shape index (κ1) is 18.6. The lowest BCUT2D eigenvalue weighted by molar-refractivity contribution is -0.143. The zero-order chi connectivity index (χ0) is 20.9. The number of nitrogens with one attached hydrogen (secondary N) is 2. The largest absolute Gasteiger partial charge is 0.467 e. The van der Waals surface area contributed by atoms with Crippen LogP contribution in [0.5, 0.6) is 0 Å². The van der Waals surface area contributed by atoms with Crippen molar-refractivity contribution in [2.45, 2.75) is 6.04 Å². The van der Waals surface area contributed by atoms with Gasteiger partial charge in [-0.05, 0) is 12.1 Å². The van der Waals surface area contributed by atoms with Gasteiger partial charge in [0.2, 0.25) is 0 Å². The number of ether oxygens (including phenoxy) is 1. The maximum absolute atomic E-state index is 12.9. The topological polar surface area (TPSA) is 127 Å². The molecule has 0 saturated carbocycles. The van der Waals surface area contributed by atoms with Gasteiger partial charge in [0.1, 0.15) is 0 Å². The summed E-state index contributed by atoms with van der Waals surface area (Å²) in [6, 6.07) is 7.59. The lowest BCUT2D eigenvalue weighted by Crippen LogP contribution is -2.44. The molecule has 3 aromatic rings. The lowest BCUT2D eigenvalue weighted by atomic mass is 9.96. The molecule has 2 aromatic carbocycles. The van der Waals surface area contributed by atoms with Crippen molar-refractivity contribution >= 4 is 45.5 Å². The highest BCUT2D eigenvalue weighted by molar-refractivity contribution is 6.33. The van der Waals surface area contributed by atoms with Crippen LogP contribution in [0.25, 0.3) is 21.8 Å². The van der Waals surface area contributed by atoms with Gasteiger partial charge in [-0.25, -0.2) is 4.79 Å². The minimum absolute atomic E-state index is 0.0575. The summed E-state index contributed by atoms with van der Waals surface area (Å²) >= 11 is 0. The third-order valence-corrected chi connectivity index (χ3v) is 5.10. The number of hydrogen-bond acceptors (Lipinski definition) is 6. The number of aromatic nitrogens is 1. The first-order valence-electron chi connectivity index (χ1n) is 8.78. The third-order valence-electron chi connectivity index (χ3n) is 5.10. The molecule has 1 unspecified atom stereocenters. The van der Waals surface area contributed by atoms with E-state index in [1.165, 1.54) is 6.07 Å². The molecular formula is C20H17N3O6. The molecule has 0 aliphatic carbocycles. The maximum atomic E-state index is 12.9. The predicted octanol–water partition coefficient (Wildman–Crippen LogP) is 0.479. The van der Waals surface area contributed by atoms with Crippen LogP contribution in [0.2, 0.25) is 0 Å². The van der Waals surface area contributed by atoms with Gasteiger partial charge in [0.05, 0.1) is 35.9 Å². The number of rotatable bonds is 4. The van der Waals surface area contributed by atoms with Crippen molar-refractivity contribution in [3.8, 4) is 0 Å². The maximum Gasteiger partial charge on any atom is 0.330 e. The van der Waals surface area contributed by atoms with E-state index in [9.17, 15) is 24.3 Å². The first-order valence-corrected chi connectivity index (χ1v) is 8.78. The summed E-state index contributed by atoms with van der Waals surface area (Å²) in [6.07, 6.45) is 0. The average Bonchev–Trinajstić information content (AvgIpc) is 3.18. The highest BCUT2D eigenvalue weighted by Crippen LogP contribution is 2.36. The van der Waals surface area contributed by atoms with E-state index in [1.54, 1.807) is 7.05 Å². The highest BCUT2D eigenvalue weighted by Gasteiger charge is 2.36. The number of imide groups is 1. The minimum Gasteiger partial charge on any atom is -0.467 e. The molecule has 29 heavy (non-hydrogen) atoms. The van der Waals surface area contributed by atoms with Gasteiger partial charge in [0.25, 0.3) is 17.7 Å². The van der Waals surface area contributed by atoms with Gasteiger partial charge in [0, 0.05) is 23.3 Å². The fourth-order valence-electron chi connectivity index (χ4n) is 3.74. The Kier molecular flexibility index (Phi) is 4.31.